The molecule has 1 heterocycles. The summed E-state index contributed by atoms with van der Waals surface area (Å²) < 4.78 is 5.91. The Balaban J connectivity index is 2.46. The maximum atomic E-state index is 12.2. The molecule has 0 radical (unpaired) electrons. The molecule has 1 amide bonds. The molecule has 1 aliphatic rings. The number of carbonyl (C=O) groups excluding carboxylic acids is 1. The lowest BCUT2D eigenvalue weighted by Crippen LogP contribution is -2.51. The summed E-state index contributed by atoms with van der Waals surface area (Å²) in [5.41, 5.74) is 1.98. The highest BCUT2D eigenvalue weighted by Crippen LogP contribution is 2.36. The lowest BCUT2D eigenvalue weighted by molar-refractivity contribution is -0.125. The molecule has 1 aromatic rings. The van der Waals surface area contributed by atoms with Crippen molar-refractivity contribution in [2.75, 3.05) is 4.90 Å². The van der Waals surface area contributed by atoms with E-state index >= 15 is 0 Å². The fourth-order valence-electron chi connectivity index (χ4n) is 2.31. The fraction of sp³-hybridized carbons (Fsp3) is 0.533. The molecule has 0 aliphatic carbocycles. The SMILES string of the molecule is CCC(=O)N1c2ccccc2CO[C@@H]1C(C)(C)C. The fourth-order valence-corrected chi connectivity index (χ4v) is 2.31. The Bertz CT molecular complexity index is 448. The highest BCUT2D eigenvalue weighted by molar-refractivity contribution is 5.94. The van der Waals surface area contributed by atoms with Gasteiger partial charge < -0.3 is 4.74 Å². The van der Waals surface area contributed by atoms with E-state index in [9.17, 15) is 4.79 Å². The van der Waals surface area contributed by atoms with Crippen LogP contribution in [0.25, 0.3) is 0 Å². The van der Waals surface area contributed by atoms with Gasteiger partial charge in [-0.2, -0.15) is 0 Å². The van der Waals surface area contributed by atoms with Gasteiger partial charge in [-0.15, -0.1) is 0 Å². The summed E-state index contributed by atoms with van der Waals surface area (Å²) in [6.45, 7) is 8.76. The Morgan fingerprint density at radius 2 is 2.06 bits per heavy atom. The topological polar surface area (TPSA) is 29.5 Å². The quantitative estimate of drug-likeness (QED) is 0.761. The number of hydrogen-bond donors (Lipinski definition) is 0. The molecule has 18 heavy (non-hydrogen) atoms. The minimum absolute atomic E-state index is 0.0988. The number of anilines is 1. The van der Waals surface area contributed by atoms with Crippen molar-refractivity contribution in [2.24, 2.45) is 5.41 Å². The van der Waals surface area contributed by atoms with Crippen molar-refractivity contribution >= 4 is 11.6 Å². The van der Waals surface area contributed by atoms with Gasteiger partial charge in [0.2, 0.25) is 5.91 Å². The molecule has 3 nitrogen and oxygen atoms in total. The monoisotopic (exact) mass is 247 g/mol. The van der Waals surface area contributed by atoms with Crippen LogP contribution in [0.2, 0.25) is 0 Å². The molecule has 0 N–H and O–H groups in total. The van der Waals surface area contributed by atoms with Crippen LogP contribution < -0.4 is 4.90 Å². The largest absolute Gasteiger partial charge is 0.353 e. The van der Waals surface area contributed by atoms with E-state index in [1.165, 1.54) is 0 Å². The van der Waals surface area contributed by atoms with Gasteiger partial charge in [0.1, 0.15) is 6.23 Å². The first-order valence-corrected chi connectivity index (χ1v) is 6.46. The Morgan fingerprint density at radius 1 is 1.39 bits per heavy atom. The molecule has 0 fully saturated rings. The van der Waals surface area contributed by atoms with Crippen molar-refractivity contribution in [2.45, 2.75) is 47.0 Å². The smallest absolute Gasteiger partial charge is 0.228 e. The molecule has 2 rings (SSSR count). The Labute approximate surface area is 109 Å². The second-order valence-corrected chi connectivity index (χ2v) is 5.78. The van der Waals surface area contributed by atoms with Crippen LogP contribution >= 0.6 is 0 Å². The molecule has 1 atom stereocenters. The van der Waals surface area contributed by atoms with E-state index in [1.54, 1.807) is 0 Å². The summed E-state index contributed by atoms with van der Waals surface area (Å²) in [4.78, 5) is 14.1. The normalized spacial score (nSPS) is 19.6. The first kappa shape index (κ1) is 13.1. The van der Waals surface area contributed by atoms with Gasteiger partial charge in [0.05, 0.1) is 12.3 Å². The van der Waals surface area contributed by atoms with Gasteiger partial charge in [-0.3, -0.25) is 9.69 Å². The van der Waals surface area contributed by atoms with Gasteiger partial charge in [-0.05, 0) is 6.07 Å². The Hall–Kier alpha value is -1.35. The van der Waals surface area contributed by atoms with E-state index < -0.39 is 0 Å². The summed E-state index contributed by atoms with van der Waals surface area (Å²) in [5, 5.41) is 0. The lowest BCUT2D eigenvalue weighted by Gasteiger charge is -2.43. The summed E-state index contributed by atoms with van der Waals surface area (Å²) in [7, 11) is 0. The molecule has 1 aromatic carbocycles. The standard InChI is InChI=1S/C15H21NO2/c1-5-13(17)16-12-9-7-6-8-11(12)10-18-14(16)15(2,3)4/h6-9,14H,5,10H2,1-4H3/t14-/m1/s1. The molecule has 0 saturated carbocycles. The maximum Gasteiger partial charge on any atom is 0.228 e. The van der Waals surface area contributed by atoms with Crippen LogP contribution in [0.3, 0.4) is 0 Å². The van der Waals surface area contributed by atoms with Crippen LogP contribution in [0.15, 0.2) is 24.3 Å². The second kappa shape index (κ2) is 4.73. The van der Waals surface area contributed by atoms with Gasteiger partial charge in [-0.25, -0.2) is 0 Å². The number of rotatable bonds is 1. The van der Waals surface area contributed by atoms with Crippen LogP contribution in [-0.2, 0) is 16.1 Å². The summed E-state index contributed by atoms with van der Waals surface area (Å²) in [6, 6.07) is 7.97. The predicted molar refractivity (Wildman–Crippen MR) is 72.3 cm³/mol. The lowest BCUT2D eigenvalue weighted by atomic mass is 9.91. The van der Waals surface area contributed by atoms with Crippen LogP contribution in [-0.4, -0.2) is 12.1 Å². The third-order valence-electron chi connectivity index (χ3n) is 3.19. The summed E-state index contributed by atoms with van der Waals surface area (Å²) >= 11 is 0. The molecule has 98 valence electrons. The predicted octanol–water partition coefficient (Wildman–Crippen LogP) is 3.33. The number of amides is 1. The minimum atomic E-state index is -0.195. The highest BCUT2D eigenvalue weighted by atomic mass is 16.5. The zero-order valence-electron chi connectivity index (χ0n) is 11.6. The zero-order valence-corrected chi connectivity index (χ0v) is 11.6. The molecule has 1 aliphatic heterocycles. The van der Waals surface area contributed by atoms with E-state index in [4.69, 9.17) is 4.74 Å². The van der Waals surface area contributed by atoms with Crippen molar-refractivity contribution in [3.8, 4) is 0 Å². The molecule has 0 spiro atoms. The van der Waals surface area contributed by atoms with Crippen molar-refractivity contribution in [3.05, 3.63) is 29.8 Å². The van der Waals surface area contributed by atoms with Crippen LogP contribution in [0.1, 0.15) is 39.7 Å². The van der Waals surface area contributed by atoms with Gasteiger partial charge in [0, 0.05) is 17.4 Å². The van der Waals surface area contributed by atoms with Gasteiger partial charge in [-0.1, -0.05) is 45.9 Å². The van der Waals surface area contributed by atoms with E-state index in [0.29, 0.717) is 13.0 Å². The van der Waals surface area contributed by atoms with Crippen LogP contribution in [0, 0.1) is 5.41 Å². The van der Waals surface area contributed by atoms with Crippen LogP contribution in [0.5, 0.6) is 0 Å². The molecular formula is C15H21NO2. The van der Waals surface area contributed by atoms with Crippen LogP contribution in [0.4, 0.5) is 5.69 Å². The molecule has 0 bridgehead atoms. The average Bonchev–Trinajstić information content (AvgIpc) is 2.35. The minimum Gasteiger partial charge on any atom is -0.353 e. The van der Waals surface area contributed by atoms with Gasteiger partial charge in [0.25, 0.3) is 0 Å². The molecular weight excluding hydrogens is 226 g/mol. The second-order valence-electron chi connectivity index (χ2n) is 5.78. The van der Waals surface area contributed by atoms with Gasteiger partial charge >= 0.3 is 0 Å². The number of para-hydroxylation sites is 1. The van der Waals surface area contributed by atoms with Crippen molar-refractivity contribution < 1.29 is 9.53 Å². The maximum absolute atomic E-state index is 12.2. The Kier molecular flexibility index (Phi) is 3.44. The van der Waals surface area contributed by atoms with Crippen molar-refractivity contribution in [3.63, 3.8) is 0 Å². The zero-order chi connectivity index (χ0) is 13.3. The van der Waals surface area contributed by atoms with Gasteiger partial charge in [0.15, 0.2) is 0 Å². The number of hydrogen-bond acceptors (Lipinski definition) is 2. The highest BCUT2D eigenvalue weighted by Gasteiger charge is 2.38. The number of benzene rings is 1. The van der Waals surface area contributed by atoms with E-state index in [2.05, 4.69) is 20.8 Å². The van der Waals surface area contributed by atoms with E-state index in [1.807, 2.05) is 36.1 Å². The van der Waals surface area contributed by atoms with E-state index in [-0.39, 0.29) is 17.6 Å². The first-order valence-electron chi connectivity index (χ1n) is 6.46. The summed E-state index contributed by atoms with van der Waals surface area (Å²) in [6.07, 6.45) is 0.296. The number of nitrogens with zero attached hydrogens (tertiary/aromatic N) is 1. The first-order chi connectivity index (χ1) is 8.45. The van der Waals surface area contributed by atoms with E-state index in [0.717, 1.165) is 11.3 Å². The number of fused-ring (bicyclic) bond motifs is 1. The molecule has 0 aromatic heterocycles. The number of ether oxygens (including phenoxy) is 1. The Morgan fingerprint density at radius 3 is 2.67 bits per heavy atom. The summed E-state index contributed by atoms with van der Waals surface area (Å²) in [5.74, 6) is 0.113. The number of carbonyl (C=O) groups is 1. The van der Waals surface area contributed by atoms with Crippen molar-refractivity contribution in [1.82, 2.24) is 0 Å². The molecule has 3 heteroatoms. The molecule has 0 unspecified atom stereocenters. The average molecular weight is 247 g/mol. The van der Waals surface area contributed by atoms with Crippen molar-refractivity contribution in [1.29, 1.82) is 0 Å². The third kappa shape index (κ3) is 2.27. The third-order valence-corrected chi connectivity index (χ3v) is 3.19. The molecule has 0 saturated heterocycles.